The fourth-order valence-corrected chi connectivity index (χ4v) is 2.64. The molecule has 0 saturated heterocycles. The van der Waals surface area contributed by atoms with Gasteiger partial charge in [-0.15, -0.1) is 0 Å². The van der Waals surface area contributed by atoms with E-state index >= 15 is 0 Å². The molecule has 0 unspecified atom stereocenters. The first kappa shape index (κ1) is 17.5. The van der Waals surface area contributed by atoms with Crippen LogP contribution < -0.4 is 10.1 Å². The van der Waals surface area contributed by atoms with E-state index in [9.17, 15) is 9.90 Å². The predicted octanol–water partition coefficient (Wildman–Crippen LogP) is 2.43. The van der Waals surface area contributed by atoms with E-state index in [1.54, 1.807) is 29.2 Å². The maximum Gasteiger partial charge on any atom is 0.228 e. The first-order valence-corrected chi connectivity index (χ1v) is 8.06. The zero-order valence-electron chi connectivity index (χ0n) is 14.8. The molecule has 0 saturated carbocycles. The van der Waals surface area contributed by atoms with Crippen LogP contribution in [0.2, 0.25) is 0 Å². The van der Waals surface area contributed by atoms with Gasteiger partial charge in [0.2, 0.25) is 5.91 Å². The Morgan fingerprint density at radius 1 is 1.38 bits per heavy atom. The highest BCUT2D eigenvalue weighted by atomic mass is 16.5. The Morgan fingerprint density at radius 3 is 2.85 bits per heavy atom. The highest BCUT2D eigenvalue weighted by molar-refractivity contribution is 5.92. The van der Waals surface area contributed by atoms with Crippen molar-refractivity contribution in [1.29, 1.82) is 0 Å². The number of hydrogen-bond acceptors (Lipinski definition) is 6. The van der Waals surface area contributed by atoms with Crippen LogP contribution in [0.25, 0.3) is 0 Å². The Kier molecular flexibility index (Phi) is 4.92. The zero-order valence-corrected chi connectivity index (χ0v) is 14.8. The van der Waals surface area contributed by atoms with Crippen LogP contribution >= 0.6 is 0 Å². The molecule has 2 N–H and O–H groups in total. The van der Waals surface area contributed by atoms with E-state index in [0.29, 0.717) is 23.5 Å². The number of ether oxygens (including phenoxy) is 1. The standard InChI is InChI=1S/C18H20N4O4/c1-11-15(12(2)26-21-11)10-22-9-14(8-19-22)20-18(24)7-13-4-5-17(25-3)16(23)6-13/h4-6,8-9,23H,7,10H2,1-3H3,(H,20,24). The lowest BCUT2D eigenvalue weighted by Gasteiger charge is -2.06. The van der Waals surface area contributed by atoms with Crippen molar-refractivity contribution < 1.29 is 19.2 Å². The average Bonchev–Trinajstić information content (AvgIpc) is 3.16. The molecule has 26 heavy (non-hydrogen) atoms. The minimum atomic E-state index is -0.202. The summed E-state index contributed by atoms with van der Waals surface area (Å²) in [5.41, 5.74) is 3.07. The maximum absolute atomic E-state index is 12.2. The topological polar surface area (TPSA) is 102 Å². The Labute approximate surface area is 150 Å². The van der Waals surface area contributed by atoms with Crippen LogP contribution in [0.5, 0.6) is 11.5 Å². The summed E-state index contributed by atoms with van der Waals surface area (Å²) in [4.78, 5) is 12.2. The fourth-order valence-electron chi connectivity index (χ4n) is 2.64. The lowest BCUT2D eigenvalue weighted by Crippen LogP contribution is -2.14. The van der Waals surface area contributed by atoms with Gasteiger partial charge in [0, 0.05) is 11.8 Å². The van der Waals surface area contributed by atoms with Gasteiger partial charge >= 0.3 is 0 Å². The number of hydrogen-bond donors (Lipinski definition) is 2. The second-order valence-corrected chi connectivity index (χ2v) is 5.96. The van der Waals surface area contributed by atoms with Gasteiger partial charge in [0.25, 0.3) is 0 Å². The van der Waals surface area contributed by atoms with Gasteiger partial charge in [0.1, 0.15) is 5.76 Å². The maximum atomic E-state index is 12.2. The predicted molar refractivity (Wildman–Crippen MR) is 94.3 cm³/mol. The van der Waals surface area contributed by atoms with Gasteiger partial charge in [-0.1, -0.05) is 11.2 Å². The summed E-state index contributed by atoms with van der Waals surface area (Å²) in [6.45, 7) is 4.25. The number of carbonyl (C=O) groups excluding carboxylic acids is 1. The van der Waals surface area contributed by atoms with Crippen LogP contribution in [0.1, 0.15) is 22.6 Å². The van der Waals surface area contributed by atoms with Crippen LogP contribution in [0.3, 0.4) is 0 Å². The first-order valence-electron chi connectivity index (χ1n) is 8.06. The lowest BCUT2D eigenvalue weighted by atomic mass is 10.1. The van der Waals surface area contributed by atoms with Gasteiger partial charge in [-0.3, -0.25) is 9.48 Å². The minimum absolute atomic E-state index is 0.00470. The number of nitrogens with one attached hydrogen (secondary N) is 1. The summed E-state index contributed by atoms with van der Waals surface area (Å²) in [5, 5.41) is 20.7. The van der Waals surface area contributed by atoms with Gasteiger partial charge in [-0.25, -0.2) is 0 Å². The van der Waals surface area contributed by atoms with Crippen molar-refractivity contribution in [3.05, 3.63) is 53.2 Å². The highest BCUT2D eigenvalue weighted by Crippen LogP contribution is 2.26. The molecule has 1 aromatic carbocycles. The van der Waals surface area contributed by atoms with E-state index in [1.807, 2.05) is 13.8 Å². The number of aryl methyl sites for hydroxylation is 2. The van der Waals surface area contributed by atoms with Crippen molar-refractivity contribution >= 4 is 11.6 Å². The highest BCUT2D eigenvalue weighted by Gasteiger charge is 2.12. The number of carbonyl (C=O) groups is 1. The molecule has 8 heteroatoms. The summed E-state index contributed by atoms with van der Waals surface area (Å²) >= 11 is 0. The Balaban J connectivity index is 1.62. The minimum Gasteiger partial charge on any atom is -0.504 e. The van der Waals surface area contributed by atoms with Gasteiger partial charge in [0.15, 0.2) is 11.5 Å². The Morgan fingerprint density at radius 2 is 2.19 bits per heavy atom. The number of aromatic hydroxyl groups is 1. The molecule has 0 aliphatic carbocycles. The number of anilines is 1. The molecule has 1 amide bonds. The number of aromatic nitrogens is 3. The molecule has 0 spiro atoms. The summed E-state index contributed by atoms with van der Waals surface area (Å²) in [6.07, 6.45) is 3.46. The summed E-state index contributed by atoms with van der Waals surface area (Å²) < 4.78 is 11.8. The van der Waals surface area contributed by atoms with Gasteiger partial charge < -0.3 is 19.7 Å². The van der Waals surface area contributed by atoms with Crippen molar-refractivity contribution in [2.24, 2.45) is 0 Å². The van der Waals surface area contributed by atoms with Crippen LogP contribution in [0.4, 0.5) is 5.69 Å². The van der Waals surface area contributed by atoms with Crippen molar-refractivity contribution in [3.63, 3.8) is 0 Å². The lowest BCUT2D eigenvalue weighted by molar-refractivity contribution is -0.115. The molecule has 2 aromatic heterocycles. The van der Waals surface area contributed by atoms with E-state index in [4.69, 9.17) is 9.26 Å². The van der Waals surface area contributed by atoms with E-state index in [0.717, 1.165) is 17.0 Å². The number of nitrogens with zero attached hydrogens (tertiary/aromatic N) is 3. The molecule has 0 aliphatic heterocycles. The monoisotopic (exact) mass is 356 g/mol. The summed E-state index contributed by atoms with van der Waals surface area (Å²) in [7, 11) is 1.47. The molecule has 3 aromatic rings. The molecular weight excluding hydrogens is 336 g/mol. The number of rotatable bonds is 6. The first-order chi connectivity index (χ1) is 12.5. The summed E-state index contributed by atoms with van der Waals surface area (Å²) in [6, 6.07) is 4.87. The third kappa shape index (κ3) is 3.85. The molecule has 0 bridgehead atoms. The molecule has 136 valence electrons. The second kappa shape index (κ2) is 7.30. The Bertz CT molecular complexity index is 910. The van der Waals surface area contributed by atoms with E-state index < -0.39 is 0 Å². The molecular formula is C18H20N4O4. The molecule has 0 fully saturated rings. The molecule has 0 atom stereocenters. The van der Waals surface area contributed by atoms with E-state index in [2.05, 4.69) is 15.6 Å². The third-order valence-electron chi connectivity index (χ3n) is 4.03. The largest absolute Gasteiger partial charge is 0.504 e. The van der Waals surface area contributed by atoms with Crippen molar-refractivity contribution in [3.8, 4) is 11.5 Å². The smallest absolute Gasteiger partial charge is 0.228 e. The van der Waals surface area contributed by atoms with Crippen molar-refractivity contribution in [1.82, 2.24) is 14.9 Å². The van der Waals surface area contributed by atoms with Crippen LogP contribution in [0, 0.1) is 13.8 Å². The third-order valence-corrected chi connectivity index (χ3v) is 4.03. The van der Waals surface area contributed by atoms with Gasteiger partial charge in [-0.2, -0.15) is 5.10 Å². The SMILES string of the molecule is COc1ccc(CC(=O)Nc2cnn(Cc3c(C)noc3C)c2)cc1O. The molecule has 0 aliphatic rings. The van der Waals surface area contributed by atoms with Crippen LogP contribution in [-0.4, -0.2) is 33.1 Å². The number of benzene rings is 1. The van der Waals surface area contributed by atoms with Gasteiger partial charge in [-0.05, 0) is 31.5 Å². The van der Waals surface area contributed by atoms with Gasteiger partial charge in [0.05, 0.1) is 37.7 Å². The van der Waals surface area contributed by atoms with E-state index in [-0.39, 0.29) is 18.1 Å². The molecule has 0 radical (unpaired) electrons. The zero-order chi connectivity index (χ0) is 18.7. The number of amides is 1. The second-order valence-electron chi connectivity index (χ2n) is 5.96. The van der Waals surface area contributed by atoms with Crippen molar-refractivity contribution in [2.45, 2.75) is 26.8 Å². The normalized spacial score (nSPS) is 10.7. The number of methoxy groups -OCH3 is 1. The number of phenols is 1. The van der Waals surface area contributed by atoms with E-state index in [1.165, 1.54) is 13.2 Å². The quantitative estimate of drug-likeness (QED) is 0.703. The Hall–Kier alpha value is -3.29. The average molecular weight is 356 g/mol. The summed E-state index contributed by atoms with van der Waals surface area (Å²) in [5.74, 6) is 0.925. The molecule has 2 heterocycles. The van der Waals surface area contributed by atoms with Crippen LogP contribution in [-0.2, 0) is 17.8 Å². The van der Waals surface area contributed by atoms with Crippen molar-refractivity contribution in [2.75, 3.05) is 12.4 Å². The number of phenolic OH excluding ortho intramolecular Hbond substituents is 1. The molecule has 3 rings (SSSR count). The fraction of sp³-hybridized carbons (Fsp3) is 0.278. The van der Waals surface area contributed by atoms with Crippen LogP contribution in [0.15, 0.2) is 35.1 Å². The molecule has 8 nitrogen and oxygen atoms in total.